The summed E-state index contributed by atoms with van der Waals surface area (Å²) in [6.07, 6.45) is 1.45. The van der Waals surface area contributed by atoms with E-state index in [1.807, 2.05) is 32.9 Å². The molecule has 0 fully saturated rings. The summed E-state index contributed by atoms with van der Waals surface area (Å²) in [5.41, 5.74) is 1.19. The highest BCUT2D eigenvalue weighted by Crippen LogP contribution is 2.20. The highest BCUT2D eigenvalue weighted by Gasteiger charge is 2.31. The number of sulfonamides is 1. The summed E-state index contributed by atoms with van der Waals surface area (Å²) in [6.45, 7) is 6.05. The molecule has 8 nitrogen and oxygen atoms in total. The van der Waals surface area contributed by atoms with Crippen molar-refractivity contribution in [2.75, 3.05) is 30.8 Å². The lowest BCUT2D eigenvalue weighted by Gasteiger charge is -2.33. The molecule has 0 spiro atoms. The van der Waals surface area contributed by atoms with Gasteiger partial charge in [0.05, 0.1) is 19.1 Å². The molecule has 1 unspecified atom stereocenters. The van der Waals surface area contributed by atoms with Crippen LogP contribution in [0.5, 0.6) is 5.75 Å². The van der Waals surface area contributed by atoms with Gasteiger partial charge in [0.15, 0.2) is 0 Å². The number of rotatable bonds is 12. The Morgan fingerprint density at radius 1 is 1.03 bits per heavy atom. The number of para-hydroxylation sites is 1. The number of hydrogen-bond acceptors (Lipinski definition) is 5. The van der Waals surface area contributed by atoms with Gasteiger partial charge in [-0.15, -0.1) is 0 Å². The van der Waals surface area contributed by atoms with Crippen LogP contribution in [0.2, 0.25) is 0 Å². The van der Waals surface area contributed by atoms with Gasteiger partial charge in [0, 0.05) is 13.1 Å². The van der Waals surface area contributed by atoms with Crippen molar-refractivity contribution < 1.29 is 22.7 Å². The minimum absolute atomic E-state index is 0.156. The molecular formula is C25H35N3O5S. The van der Waals surface area contributed by atoms with Gasteiger partial charge >= 0.3 is 0 Å². The van der Waals surface area contributed by atoms with Crippen molar-refractivity contribution in [2.24, 2.45) is 5.92 Å². The predicted molar refractivity (Wildman–Crippen MR) is 134 cm³/mol. The Labute approximate surface area is 202 Å². The molecule has 2 aromatic carbocycles. The third-order valence-electron chi connectivity index (χ3n) is 5.31. The molecule has 34 heavy (non-hydrogen) atoms. The summed E-state index contributed by atoms with van der Waals surface area (Å²) in [7, 11) is -2.16. The third-order valence-corrected chi connectivity index (χ3v) is 6.45. The predicted octanol–water partition coefficient (Wildman–Crippen LogP) is 3.04. The number of anilines is 1. The molecular weight excluding hydrogens is 454 g/mol. The zero-order valence-electron chi connectivity index (χ0n) is 20.5. The van der Waals surface area contributed by atoms with Gasteiger partial charge < -0.3 is 15.0 Å². The second-order valence-corrected chi connectivity index (χ2v) is 10.4. The Morgan fingerprint density at radius 2 is 1.65 bits per heavy atom. The molecule has 9 heteroatoms. The molecule has 0 radical (unpaired) electrons. The molecule has 0 bridgehead atoms. The monoisotopic (exact) mass is 489 g/mol. The number of ether oxygens (including phenoxy) is 1. The Morgan fingerprint density at radius 3 is 2.15 bits per heavy atom. The zero-order valence-corrected chi connectivity index (χ0v) is 21.3. The molecule has 0 saturated carbocycles. The largest absolute Gasteiger partial charge is 0.497 e. The SMILES string of the molecule is CCC(C(=O)NCC(C)C)N(Cc1ccc(OC)cc1)C(=O)CN(c1ccccc1)S(C)(=O)=O. The fraction of sp³-hybridized carbons (Fsp3) is 0.440. The third kappa shape index (κ3) is 7.76. The van der Waals surface area contributed by atoms with E-state index in [4.69, 9.17) is 4.74 Å². The first kappa shape index (κ1) is 27.2. The molecule has 1 atom stereocenters. The van der Waals surface area contributed by atoms with Crippen LogP contribution >= 0.6 is 0 Å². The normalized spacial score (nSPS) is 12.2. The standard InChI is InChI=1S/C25H35N3O5S/c1-6-23(25(30)26-16-19(2)3)27(17-20-12-14-22(33-4)15-13-20)24(29)18-28(34(5,31)32)21-10-8-7-9-11-21/h7-15,19,23H,6,16-18H2,1-5H3,(H,26,30). The summed E-state index contributed by atoms with van der Waals surface area (Å²) in [5.74, 6) is 0.210. The van der Waals surface area contributed by atoms with Crippen LogP contribution in [0.4, 0.5) is 5.69 Å². The molecule has 2 rings (SSSR count). The summed E-state index contributed by atoms with van der Waals surface area (Å²) in [5, 5.41) is 2.90. The van der Waals surface area contributed by atoms with E-state index in [9.17, 15) is 18.0 Å². The van der Waals surface area contributed by atoms with Gasteiger partial charge in [0.25, 0.3) is 0 Å². The van der Waals surface area contributed by atoms with E-state index >= 15 is 0 Å². The molecule has 0 aliphatic rings. The van der Waals surface area contributed by atoms with Crippen LogP contribution in [0.25, 0.3) is 0 Å². The number of nitrogens with one attached hydrogen (secondary N) is 1. The van der Waals surface area contributed by atoms with E-state index in [-0.39, 0.29) is 18.4 Å². The molecule has 0 saturated heterocycles. The maximum atomic E-state index is 13.6. The lowest BCUT2D eigenvalue weighted by Crippen LogP contribution is -2.52. The van der Waals surface area contributed by atoms with Crippen molar-refractivity contribution in [3.63, 3.8) is 0 Å². The summed E-state index contributed by atoms with van der Waals surface area (Å²) >= 11 is 0. The van der Waals surface area contributed by atoms with Crippen molar-refractivity contribution in [1.29, 1.82) is 0 Å². The van der Waals surface area contributed by atoms with E-state index in [0.717, 1.165) is 16.1 Å². The van der Waals surface area contributed by atoms with E-state index in [1.54, 1.807) is 49.6 Å². The van der Waals surface area contributed by atoms with E-state index < -0.39 is 28.5 Å². The van der Waals surface area contributed by atoms with Gasteiger partial charge in [-0.05, 0) is 42.2 Å². The topological polar surface area (TPSA) is 96.0 Å². The minimum Gasteiger partial charge on any atom is -0.497 e. The average Bonchev–Trinajstić information content (AvgIpc) is 2.81. The number of methoxy groups -OCH3 is 1. The highest BCUT2D eigenvalue weighted by atomic mass is 32.2. The second-order valence-electron chi connectivity index (χ2n) is 8.54. The van der Waals surface area contributed by atoms with Gasteiger partial charge in [-0.1, -0.05) is 51.1 Å². The van der Waals surface area contributed by atoms with Crippen LogP contribution < -0.4 is 14.4 Å². The van der Waals surface area contributed by atoms with E-state index in [1.165, 1.54) is 4.90 Å². The first-order valence-electron chi connectivity index (χ1n) is 11.3. The smallest absolute Gasteiger partial charge is 0.244 e. The van der Waals surface area contributed by atoms with Crippen LogP contribution in [0.3, 0.4) is 0 Å². The van der Waals surface area contributed by atoms with Crippen LogP contribution in [-0.2, 0) is 26.2 Å². The molecule has 2 aromatic rings. The lowest BCUT2D eigenvalue weighted by molar-refractivity contribution is -0.140. The summed E-state index contributed by atoms with van der Waals surface area (Å²) < 4.78 is 31.3. The number of benzene rings is 2. The van der Waals surface area contributed by atoms with Crippen LogP contribution in [-0.4, -0.2) is 57.6 Å². The quantitative estimate of drug-likeness (QED) is 0.494. The van der Waals surface area contributed by atoms with Crippen LogP contribution in [0.15, 0.2) is 54.6 Å². The van der Waals surface area contributed by atoms with Crippen molar-refractivity contribution >= 4 is 27.5 Å². The fourth-order valence-electron chi connectivity index (χ4n) is 3.48. The molecule has 186 valence electrons. The second kappa shape index (κ2) is 12.4. The van der Waals surface area contributed by atoms with Gasteiger partial charge in [0.2, 0.25) is 21.8 Å². The first-order chi connectivity index (χ1) is 16.1. The van der Waals surface area contributed by atoms with E-state index in [0.29, 0.717) is 24.4 Å². The minimum atomic E-state index is -3.73. The van der Waals surface area contributed by atoms with Crippen LogP contribution in [0, 0.1) is 5.92 Å². The Hall–Kier alpha value is -3.07. The van der Waals surface area contributed by atoms with E-state index in [2.05, 4.69) is 5.32 Å². The number of carbonyl (C=O) groups excluding carboxylic acids is 2. The maximum absolute atomic E-state index is 13.6. The van der Waals surface area contributed by atoms with Gasteiger partial charge in [-0.25, -0.2) is 8.42 Å². The molecule has 1 N–H and O–H groups in total. The molecule has 0 aliphatic carbocycles. The van der Waals surface area contributed by atoms with Gasteiger partial charge in [-0.3, -0.25) is 13.9 Å². The molecule has 0 heterocycles. The van der Waals surface area contributed by atoms with Crippen molar-refractivity contribution in [3.8, 4) is 5.75 Å². The van der Waals surface area contributed by atoms with Crippen molar-refractivity contribution in [2.45, 2.75) is 39.8 Å². The van der Waals surface area contributed by atoms with Gasteiger partial charge in [0.1, 0.15) is 18.3 Å². The van der Waals surface area contributed by atoms with Crippen molar-refractivity contribution in [1.82, 2.24) is 10.2 Å². The molecule has 2 amide bonds. The number of nitrogens with zero attached hydrogens (tertiary/aromatic N) is 2. The van der Waals surface area contributed by atoms with Gasteiger partial charge in [-0.2, -0.15) is 0 Å². The lowest BCUT2D eigenvalue weighted by atomic mass is 10.1. The average molecular weight is 490 g/mol. The number of carbonyl (C=O) groups is 2. The molecule has 0 aromatic heterocycles. The Balaban J connectivity index is 2.38. The fourth-order valence-corrected chi connectivity index (χ4v) is 4.33. The summed E-state index contributed by atoms with van der Waals surface area (Å²) in [6, 6.07) is 14.9. The number of hydrogen-bond donors (Lipinski definition) is 1. The summed E-state index contributed by atoms with van der Waals surface area (Å²) in [4.78, 5) is 28.0. The molecule has 0 aliphatic heterocycles. The highest BCUT2D eigenvalue weighted by molar-refractivity contribution is 7.92. The zero-order chi connectivity index (χ0) is 25.3. The maximum Gasteiger partial charge on any atom is 0.244 e. The van der Waals surface area contributed by atoms with Crippen LogP contribution in [0.1, 0.15) is 32.8 Å². The Bertz CT molecular complexity index is 1040. The van der Waals surface area contributed by atoms with Crippen molar-refractivity contribution in [3.05, 3.63) is 60.2 Å². The number of amides is 2. The Kier molecular flexibility index (Phi) is 9.92. The first-order valence-corrected chi connectivity index (χ1v) is 13.1.